The molecule has 132 valence electrons. The zero-order chi connectivity index (χ0) is 17.8. The number of rotatable bonds is 3. The number of amides is 2. The number of hydrogen-bond acceptors (Lipinski definition) is 5. The third-order valence-electron chi connectivity index (χ3n) is 4.20. The minimum Gasteiger partial charge on any atom is -0.465 e. The number of piperidine rings is 1. The van der Waals surface area contributed by atoms with Crippen molar-refractivity contribution in [3.8, 4) is 0 Å². The second-order valence-electron chi connectivity index (χ2n) is 6.12. The highest BCUT2D eigenvalue weighted by atomic mass is 16.5. The third-order valence-corrected chi connectivity index (χ3v) is 4.20. The van der Waals surface area contributed by atoms with Gasteiger partial charge in [-0.3, -0.25) is 9.67 Å². The summed E-state index contributed by atoms with van der Waals surface area (Å²) in [5.41, 5.74) is 1.86. The Morgan fingerprint density at radius 1 is 1.32 bits per heavy atom. The van der Waals surface area contributed by atoms with Crippen LogP contribution in [0.25, 0.3) is 0 Å². The third kappa shape index (κ3) is 3.96. The molecule has 1 saturated heterocycles. The maximum absolute atomic E-state index is 12.5. The molecule has 1 fully saturated rings. The van der Waals surface area contributed by atoms with Gasteiger partial charge in [0.1, 0.15) is 0 Å². The summed E-state index contributed by atoms with van der Waals surface area (Å²) in [7, 11) is 1.30. The number of hydrogen-bond donors (Lipinski definition) is 1. The van der Waals surface area contributed by atoms with Gasteiger partial charge in [-0.2, -0.15) is 5.10 Å². The zero-order valence-corrected chi connectivity index (χ0v) is 14.3. The van der Waals surface area contributed by atoms with Crippen LogP contribution in [0.4, 0.5) is 10.5 Å². The first kappa shape index (κ1) is 16.9. The average molecular weight is 343 g/mol. The highest BCUT2D eigenvalue weighted by Crippen LogP contribution is 2.22. The number of urea groups is 1. The fourth-order valence-corrected chi connectivity index (χ4v) is 2.93. The molecule has 0 unspecified atom stereocenters. The van der Waals surface area contributed by atoms with Crippen LogP contribution in [0, 0.1) is 6.92 Å². The van der Waals surface area contributed by atoms with Crippen LogP contribution in [0.1, 0.15) is 34.8 Å². The number of aromatic nitrogens is 3. The molecule has 0 spiro atoms. The van der Waals surface area contributed by atoms with Crippen LogP contribution in [0.15, 0.2) is 30.9 Å². The van der Waals surface area contributed by atoms with E-state index in [1.165, 1.54) is 19.5 Å². The van der Waals surface area contributed by atoms with Crippen LogP contribution in [-0.4, -0.2) is 51.9 Å². The van der Waals surface area contributed by atoms with Gasteiger partial charge in [-0.25, -0.2) is 9.59 Å². The van der Waals surface area contributed by atoms with Crippen molar-refractivity contribution in [2.75, 3.05) is 25.5 Å². The number of likely N-dealkylation sites (tertiary alicyclic amines) is 1. The minimum absolute atomic E-state index is 0.174. The lowest BCUT2D eigenvalue weighted by atomic mass is 10.1. The van der Waals surface area contributed by atoms with Gasteiger partial charge in [0.15, 0.2) is 0 Å². The lowest BCUT2D eigenvalue weighted by Gasteiger charge is -2.32. The monoisotopic (exact) mass is 343 g/mol. The normalized spacial score (nSPS) is 17.2. The van der Waals surface area contributed by atoms with Crippen molar-refractivity contribution in [1.29, 1.82) is 0 Å². The summed E-state index contributed by atoms with van der Waals surface area (Å²) in [5.74, 6) is -0.490. The summed E-state index contributed by atoms with van der Waals surface area (Å²) in [6.07, 6.45) is 8.63. The molecule has 1 aliphatic rings. The Balaban J connectivity index is 1.65. The number of carbonyl (C=O) groups is 2. The molecule has 1 N–H and O–H groups in total. The minimum atomic E-state index is -0.490. The number of anilines is 1. The van der Waals surface area contributed by atoms with E-state index in [4.69, 9.17) is 0 Å². The zero-order valence-electron chi connectivity index (χ0n) is 14.3. The van der Waals surface area contributed by atoms with Gasteiger partial charge in [0.05, 0.1) is 36.8 Å². The number of esters is 1. The first-order chi connectivity index (χ1) is 12.1. The molecule has 3 rings (SSSR count). The second-order valence-corrected chi connectivity index (χ2v) is 6.12. The predicted octanol–water partition coefficient (Wildman–Crippen LogP) is 2.24. The van der Waals surface area contributed by atoms with E-state index in [0.717, 1.165) is 18.4 Å². The van der Waals surface area contributed by atoms with Crippen molar-refractivity contribution < 1.29 is 14.3 Å². The first-order valence-electron chi connectivity index (χ1n) is 8.17. The van der Waals surface area contributed by atoms with E-state index in [-0.39, 0.29) is 12.1 Å². The van der Waals surface area contributed by atoms with Crippen molar-refractivity contribution in [3.63, 3.8) is 0 Å². The predicted molar refractivity (Wildman–Crippen MR) is 91.4 cm³/mol. The summed E-state index contributed by atoms with van der Waals surface area (Å²) in [6, 6.07) is 1.51. The highest BCUT2D eigenvalue weighted by Gasteiger charge is 2.25. The summed E-state index contributed by atoms with van der Waals surface area (Å²) in [6.45, 7) is 3.28. The first-order valence-corrected chi connectivity index (χ1v) is 8.17. The van der Waals surface area contributed by atoms with E-state index in [1.54, 1.807) is 11.0 Å². The molecule has 0 bridgehead atoms. The van der Waals surface area contributed by atoms with Gasteiger partial charge in [-0.05, 0) is 31.4 Å². The number of ether oxygens (including phenoxy) is 1. The van der Waals surface area contributed by atoms with E-state index >= 15 is 0 Å². The molecule has 0 aliphatic carbocycles. The summed E-state index contributed by atoms with van der Waals surface area (Å²) < 4.78 is 6.59. The molecule has 3 heterocycles. The van der Waals surface area contributed by atoms with Crippen molar-refractivity contribution >= 4 is 17.7 Å². The Morgan fingerprint density at radius 3 is 2.88 bits per heavy atom. The maximum atomic E-state index is 12.5. The van der Waals surface area contributed by atoms with Gasteiger partial charge in [0.2, 0.25) is 0 Å². The molecule has 8 heteroatoms. The van der Waals surface area contributed by atoms with Crippen LogP contribution in [-0.2, 0) is 4.74 Å². The molecule has 8 nitrogen and oxygen atoms in total. The fourth-order valence-electron chi connectivity index (χ4n) is 2.93. The van der Waals surface area contributed by atoms with E-state index < -0.39 is 5.97 Å². The quantitative estimate of drug-likeness (QED) is 0.863. The Labute approximate surface area is 145 Å². The number of pyridine rings is 1. The molecule has 0 radical (unpaired) electrons. The molecule has 2 amide bonds. The molecule has 0 aromatic carbocycles. The molecule has 1 aliphatic heterocycles. The SMILES string of the molecule is COC(=O)c1cncc(NC(=O)N2CCC[C@H](n3cc(C)cn3)C2)c1. The molecule has 2 aromatic heterocycles. The largest absolute Gasteiger partial charge is 0.465 e. The number of methoxy groups -OCH3 is 1. The molecule has 25 heavy (non-hydrogen) atoms. The van der Waals surface area contributed by atoms with Crippen LogP contribution in [0.5, 0.6) is 0 Å². The van der Waals surface area contributed by atoms with Crippen molar-refractivity contribution in [1.82, 2.24) is 19.7 Å². The van der Waals surface area contributed by atoms with Crippen molar-refractivity contribution in [2.24, 2.45) is 0 Å². The number of carbonyl (C=O) groups excluding carboxylic acids is 2. The number of nitrogens with zero attached hydrogens (tertiary/aromatic N) is 4. The lowest BCUT2D eigenvalue weighted by molar-refractivity contribution is 0.0600. The van der Waals surface area contributed by atoms with Gasteiger partial charge in [-0.15, -0.1) is 0 Å². The van der Waals surface area contributed by atoms with Gasteiger partial charge in [-0.1, -0.05) is 0 Å². The number of aryl methyl sites for hydroxylation is 1. The smallest absolute Gasteiger partial charge is 0.339 e. The van der Waals surface area contributed by atoms with E-state index in [2.05, 4.69) is 20.1 Å². The highest BCUT2D eigenvalue weighted by molar-refractivity contribution is 5.93. The van der Waals surface area contributed by atoms with E-state index in [0.29, 0.717) is 24.3 Å². The van der Waals surface area contributed by atoms with Gasteiger partial charge in [0, 0.05) is 25.5 Å². The molecule has 0 saturated carbocycles. The lowest BCUT2D eigenvalue weighted by Crippen LogP contribution is -2.43. The van der Waals surface area contributed by atoms with E-state index in [1.807, 2.05) is 24.0 Å². The summed E-state index contributed by atoms with van der Waals surface area (Å²) in [4.78, 5) is 29.8. The number of nitrogens with one attached hydrogen (secondary N) is 1. The van der Waals surface area contributed by atoms with Gasteiger partial charge < -0.3 is 15.0 Å². The topological polar surface area (TPSA) is 89.3 Å². The second kappa shape index (κ2) is 7.33. The Morgan fingerprint density at radius 2 is 2.16 bits per heavy atom. The summed E-state index contributed by atoms with van der Waals surface area (Å²) >= 11 is 0. The summed E-state index contributed by atoms with van der Waals surface area (Å²) in [5, 5.41) is 7.15. The maximum Gasteiger partial charge on any atom is 0.339 e. The van der Waals surface area contributed by atoms with Crippen molar-refractivity contribution in [3.05, 3.63) is 42.0 Å². The average Bonchev–Trinajstić information content (AvgIpc) is 3.08. The Bertz CT molecular complexity index is 773. The standard InChI is InChI=1S/C17H21N5O3/c1-12-7-19-22(10-12)15-4-3-5-21(11-15)17(24)20-14-6-13(8-18-9-14)16(23)25-2/h6-10,15H,3-5,11H2,1-2H3,(H,20,24)/t15-/m0/s1. The van der Waals surface area contributed by atoms with E-state index in [9.17, 15) is 9.59 Å². The van der Waals surface area contributed by atoms with Crippen LogP contribution < -0.4 is 5.32 Å². The van der Waals surface area contributed by atoms with Crippen LogP contribution in [0.2, 0.25) is 0 Å². The Kier molecular flexibility index (Phi) is 4.97. The Hall–Kier alpha value is -2.90. The van der Waals surface area contributed by atoms with Gasteiger partial charge >= 0.3 is 12.0 Å². The van der Waals surface area contributed by atoms with Crippen molar-refractivity contribution in [2.45, 2.75) is 25.8 Å². The molecular formula is C17H21N5O3. The van der Waals surface area contributed by atoms with Crippen LogP contribution in [0.3, 0.4) is 0 Å². The van der Waals surface area contributed by atoms with Gasteiger partial charge in [0.25, 0.3) is 0 Å². The fraction of sp³-hybridized carbons (Fsp3) is 0.412. The molecular weight excluding hydrogens is 322 g/mol. The molecule has 2 aromatic rings. The van der Waals surface area contributed by atoms with Crippen LogP contribution >= 0.6 is 0 Å². The molecule has 1 atom stereocenters.